The smallest absolute Gasteiger partial charge is 1.00 e. The van der Waals surface area contributed by atoms with Crippen LogP contribution in [0.15, 0.2) is 59.7 Å². The summed E-state index contributed by atoms with van der Waals surface area (Å²) in [5.74, 6) is 0. The van der Waals surface area contributed by atoms with Crippen LogP contribution in [0.1, 0.15) is 49.9 Å². The predicted octanol–water partition coefficient (Wildman–Crippen LogP) is -0.463. The van der Waals surface area contributed by atoms with Crippen molar-refractivity contribution in [2.24, 2.45) is 0 Å². The Kier molecular flexibility index (Phi) is 4.99. The van der Waals surface area contributed by atoms with Crippen molar-refractivity contribution in [2.75, 3.05) is 0 Å². The molecule has 0 fully saturated rings. The van der Waals surface area contributed by atoms with Gasteiger partial charge in [0.25, 0.3) is 0 Å². The number of benzene rings is 2. The maximum absolute atomic E-state index is 2.42. The summed E-state index contributed by atoms with van der Waals surface area (Å²) in [5, 5.41) is 0. The first kappa shape index (κ1) is 18.2. The zero-order chi connectivity index (χ0) is 14.8. The van der Waals surface area contributed by atoms with Gasteiger partial charge in [0.05, 0.1) is 0 Å². The van der Waals surface area contributed by atoms with Crippen LogP contribution in [0.5, 0.6) is 0 Å². The van der Waals surface area contributed by atoms with E-state index < -0.39 is 22.9 Å². The van der Waals surface area contributed by atoms with E-state index in [2.05, 4.69) is 62.4 Å². The quantitative estimate of drug-likeness (QED) is 0.414. The summed E-state index contributed by atoms with van der Waals surface area (Å²) in [6.45, 7) is 4.83. The second-order valence-electron chi connectivity index (χ2n) is 6.71. The molecule has 0 radical (unpaired) electrons. The topological polar surface area (TPSA) is 0 Å². The first-order chi connectivity index (χ1) is 10.8. The Morgan fingerprint density at radius 1 is 0.708 bits per heavy atom. The fourth-order valence-electron chi connectivity index (χ4n) is 4.53. The summed E-state index contributed by atoms with van der Waals surface area (Å²) >= 11 is -0.865. The summed E-state index contributed by atoms with van der Waals surface area (Å²) in [4.78, 5) is 0. The number of allylic oxidation sites excluding steroid dienone is 4. The average Bonchev–Trinajstić information content (AvgIpc) is 2.99. The molecule has 2 aliphatic carbocycles. The first-order valence-corrected chi connectivity index (χ1v) is 12.2. The molecule has 0 N–H and O–H groups in total. The molecule has 2 aromatic rings. The molecule has 2 unspecified atom stereocenters. The van der Waals surface area contributed by atoms with E-state index in [0.717, 1.165) is 13.8 Å². The van der Waals surface area contributed by atoms with Gasteiger partial charge in [-0.15, -0.1) is 0 Å². The Balaban J connectivity index is 0.000000845. The van der Waals surface area contributed by atoms with E-state index in [1.165, 1.54) is 0 Å². The summed E-state index contributed by atoms with van der Waals surface area (Å²) in [5.41, 5.74) is 13.1. The molecular formula is C21H18Cl2Hf. The molecule has 0 saturated heterocycles. The Hall–Kier alpha value is -0.630. The van der Waals surface area contributed by atoms with E-state index in [1.54, 1.807) is 44.5 Å². The maximum Gasteiger partial charge on any atom is -1.00 e. The second-order valence-corrected chi connectivity index (χ2v) is 12.1. The molecule has 0 amide bonds. The minimum Gasteiger partial charge on any atom is -1.00 e. The molecular weight excluding hydrogens is 502 g/mol. The van der Waals surface area contributed by atoms with Crippen LogP contribution in [0.4, 0.5) is 0 Å². The maximum atomic E-state index is 2.42. The fourth-order valence-corrected chi connectivity index (χ4v) is 11.9. The van der Waals surface area contributed by atoms with Gasteiger partial charge in [-0.25, -0.2) is 0 Å². The molecule has 4 bridgehead atoms. The molecule has 0 nitrogen and oxygen atoms in total. The van der Waals surface area contributed by atoms with Crippen molar-refractivity contribution in [3.8, 4) is 0 Å². The zero-order valence-electron chi connectivity index (χ0n) is 13.7. The van der Waals surface area contributed by atoms with Crippen molar-refractivity contribution in [3.63, 3.8) is 0 Å². The fraction of sp³-hybridized carbons (Fsp3) is 0.238. The molecule has 5 rings (SSSR count). The van der Waals surface area contributed by atoms with Gasteiger partial charge in [-0.2, -0.15) is 0 Å². The first-order valence-electron chi connectivity index (χ1n) is 8.09. The number of rotatable bonds is 0. The molecule has 2 atom stereocenters. The van der Waals surface area contributed by atoms with Crippen LogP contribution >= 0.6 is 0 Å². The summed E-state index contributed by atoms with van der Waals surface area (Å²) in [6, 6.07) is 18.4. The van der Waals surface area contributed by atoms with Gasteiger partial charge in [0.15, 0.2) is 0 Å². The number of fused-ring (bicyclic) bond motifs is 8. The van der Waals surface area contributed by atoms with E-state index in [4.69, 9.17) is 0 Å². The van der Waals surface area contributed by atoms with Crippen LogP contribution < -0.4 is 24.8 Å². The summed E-state index contributed by atoms with van der Waals surface area (Å²) in [6.07, 6.45) is 1.14. The molecule has 0 saturated carbocycles. The van der Waals surface area contributed by atoms with E-state index in [9.17, 15) is 0 Å². The van der Waals surface area contributed by atoms with Crippen LogP contribution in [-0.4, -0.2) is 0 Å². The summed E-state index contributed by atoms with van der Waals surface area (Å²) in [7, 11) is 0. The van der Waals surface area contributed by atoms with E-state index in [0.29, 0.717) is 0 Å². The third-order valence-corrected chi connectivity index (χ3v) is 13.4. The third-order valence-electron chi connectivity index (χ3n) is 5.70. The van der Waals surface area contributed by atoms with Gasteiger partial charge in [-0.3, -0.25) is 0 Å². The van der Waals surface area contributed by atoms with Crippen molar-refractivity contribution in [1.29, 1.82) is 0 Å². The van der Waals surface area contributed by atoms with Gasteiger partial charge in [0.2, 0.25) is 0 Å². The molecule has 0 aromatic heterocycles. The molecule has 0 spiro atoms. The van der Waals surface area contributed by atoms with Gasteiger partial charge >= 0.3 is 144 Å². The number of hydrogen-bond acceptors (Lipinski definition) is 0. The molecule has 3 heteroatoms. The average molecular weight is 520 g/mol. The van der Waals surface area contributed by atoms with Crippen molar-refractivity contribution in [3.05, 3.63) is 81.9 Å². The van der Waals surface area contributed by atoms with E-state index in [1.807, 2.05) is 0 Å². The van der Waals surface area contributed by atoms with Crippen LogP contribution in [-0.2, 0) is 22.9 Å². The predicted molar refractivity (Wildman–Crippen MR) is 88.2 cm³/mol. The van der Waals surface area contributed by atoms with Crippen molar-refractivity contribution in [1.82, 2.24) is 0 Å². The Morgan fingerprint density at radius 3 is 1.58 bits per heavy atom. The second kappa shape index (κ2) is 6.59. The number of halogens is 2. The molecule has 1 heterocycles. The van der Waals surface area contributed by atoms with Crippen molar-refractivity contribution >= 4 is 11.1 Å². The standard InChI is InChI=1S/C21H18.2ClH.Hf/c1-14-11-16-7-3-5-9-18(16)20(14)13-21-15(2)12-17-8-4-6-10-19(17)21;;;/h3-12H,13H2,1-2H3;2*1H;/q;;;+2/p-2. The van der Waals surface area contributed by atoms with Crippen LogP contribution in [0, 0.1) is 0 Å². The van der Waals surface area contributed by atoms with E-state index >= 15 is 0 Å². The van der Waals surface area contributed by atoms with Crippen molar-refractivity contribution in [2.45, 2.75) is 27.6 Å². The zero-order valence-corrected chi connectivity index (χ0v) is 18.8. The normalized spacial score (nSPS) is 22.2. The molecule has 24 heavy (non-hydrogen) atoms. The Labute approximate surface area is 167 Å². The van der Waals surface area contributed by atoms with Crippen LogP contribution in [0.2, 0.25) is 0 Å². The molecule has 2 aromatic carbocycles. The minimum atomic E-state index is -0.865. The molecule has 1 aliphatic heterocycles. The molecule has 120 valence electrons. The minimum absolute atomic E-state index is 0. The van der Waals surface area contributed by atoms with Gasteiger partial charge in [-0.05, 0) is 0 Å². The van der Waals surface area contributed by atoms with Crippen molar-refractivity contribution < 1.29 is 47.7 Å². The van der Waals surface area contributed by atoms with Gasteiger partial charge in [0.1, 0.15) is 0 Å². The van der Waals surface area contributed by atoms with Crippen LogP contribution in [0.3, 0.4) is 0 Å². The van der Waals surface area contributed by atoms with E-state index in [-0.39, 0.29) is 24.8 Å². The van der Waals surface area contributed by atoms with Gasteiger partial charge in [-0.1, -0.05) is 0 Å². The largest absolute Gasteiger partial charge is 1.00 e. The number of hydrogen-bond donors (Lipinski definition) is 0. The SMILES string of the molecule is CC1=C2CC3=C(C)[CH]([Hf+2][CH]1c1ccccc12)c1ccccc13.[Cl-].[Cl-]. The van der Waals surface area contributed by atoms with Crippen LogP contribution in [0.25, 0.3) is 11.1 Å². The third kappa shape index (κ3) is 2.35. The monoisotopic (exact) mass is 520 g/mol. The van der Waals surface area contributed by atoms with Gasteiger partial charge in [0, 0.05) is 0 Å². The molecule has 3 aliphatic rings. The Morgan fingerprint density at radius 2 is 1.12 bits per heavy atom. The van der Waals surface area contributed by atoms with Gasteiger partial charge < -0.3 is 24.8 Å². The summed E-state index contributed by atoms with van der Waals surface area (Å²) < 4.78 is 1.61. The Bertz CT molecular complexity index is 807.